The van der Waals surface area contributed by atoms with Crippen LogP contribution in [0.25, 0.3) is 9.96 Å². The average Bonchev–Trinajstić information content (AvgIpc) is 2.67. The summed E-state index contributed by atoms with van der Waals surface area (Å²) >= 11 is 0. The number of benzene rings is 2. The number of nitrogens with zero attached hydrogens (tertiary/aromatic N) is 2. The number of hydrogen-bond donors (Lipinski definition) is 0. The Kier molecular flexibility index (Phi) is 20.2. The van der Waals surface area contributed by atoms with Gasteiger partial charge in [0.2, 0.25) is 0 Å². The van der Waals surface area contributed by atoms with E-state index in [0.717, 1.165) is 0 Å². The van der Waals surface area contributed by atoms with Crippen molar-refractivity contribution in [2.75, 3.05) is 0 Å². The van der Waals surface area contributed by atoms with Gasteiger partial charge in [-0.1, -0.05) is 158 Å². The van der Waals surface area contributed by atoms with Gasteiger partial charge in [-0.25, -0.2) is 0 Å². The van der Waals surface area contributed by atoms with Crippen molar-refractivity contribution in [2.24, 2.45) is 11.8 Å². The van der Waals surface area contributed by atoms with E-state index in [4.69, 9.17) is 9.96 Å². The molecule has 0 saturated carbocycles. The monoisotopic (exact) mass is 530 g/mol. The first kappa shape index (κ1) is 35.7. The molecule has 2 aromatic carbocycles. The van der Waals surface area contributed by atoms with E-state index in [0.29, 0.717) is 11.8 Å². The van der Waals surface area contributed by atoms with Crippen molar-refractivity contribution in [1.82, 2.24) is 0 Å². The molecule has 0 unspecified atom stereocenters. The first-order valence-electron chi connectivity index (χ1n) is 10.5. The summed E-state index contributed by atoms with van der Waals surface area (Å²) in [6.45, 7) is 17.9. The van der Waals surface area contributed by atoms with Crippen LogP contribution >= 0.6 is 0 Å². The van der Waals surface area contributed by atoms with E-state index >= 15 is 0 Å². The molecule has 7 heteroatoms. The Morgan fingerprint density at radius 2 is 0.839 bits per heavy atom. The van der Waals surface area contributed by atoms with Gasteiger partial charge in [0, 0.05) is 0 Å². The molecule has 0 amide bonds. The maximum absolute atomic E-state index is 4.86. The van der Waals surface area contributed by atoms with Crippen LogP contribution in [-0.2, 0) is 21.7 Å². The summed E-state index contributed by atoms with van der Waals surface area (Å²) in [5.41, 5.74) is 0.282. The standard InChI is InChI=1S/2C12H20NSi.2ClH.Ti/c2*1-10(2)12(3,4)13-14-11-8-6-5-7-9-11;;;/h2*5-10H,14H2,1-4H3;2*1H;/q2*-1;;;+4/p-2. The zero-order chi connectivity index (χ0) is 21.2. The van der Waals surface area contributed by atoms with Crippen molar-refractivity contribution in [3.8, 4) is 0 Å². The number of hydrogen-bond acceptors (Lipinski definition) is 0. The molecule has 2 nitrogen and oxygen atoms in total. The summed E-state index contributed by atoms with van der Waals surface area (Å²) in [7, 11) is -0.867. The van der Waals surface area contributed by atoms with Gasteiger partial charge in [0.15, 0.2) is 0 Å². The van der Waals surface area contributed by atoms with Gasteiger partial charge >= 0.3 is 21.7 Å². The van der Waals surface area contributed by atoms with Gasteiger partial charge in [-0.15, -0.1) is 11.1 Å². The van der Waals surface area contributed by atoms with E-state index in [2.05, 4.69) is 116 Å². The van der Waals surface area contributed by atoms with Gasteiger partial charge in [0.1, 0.15) is 0 Å². The molecule has 0 aromatic heterocycles. The molecule has 0 heterocycles. The van der Waals surface area contributed by atoms with E-state index in [-0.39, 0.29) is 57.6 Å². The fourth-order valence-corrected chi connectivity index (χ4v) is 5.00. The fraction of sp³-hybridized carbons (Fsp3) is 0.500. The van der Waals surface area contributed by atoms with Gasteiger partial charge in [-0.05, 0) is 0 Å². The topological polar surface area (TPSA) is 28.2 Å². The first-order valence-corrected chi connectivity index (χ1v) is 13.2. The van der Waals surface area contributed by atoms with Crippen LogP contribution in [0.5, 0.6) is 0 Å². The van der Waals surface area contributed by atoms with E-state index < -0.39 is 19.4 Å². The Labute approximate surface area is 224 Å². The summed E-state index contributed by atoms with van der Waals surface area (Å²) in [6, 6.07) is 21.3. The van der Waals surface area contributed by atoms with Crippen molar-refractivity contribution in [3.63, 3.8) is 0 Å². The van der Waals surface area contributed by atoms with Crippen molar-refractivity contribution < 1.29 is 46.5 Å². The molecule has 0 saturated heterocycles. The van der Waals surface area contributed by atoms with Gasteiger partial charge < -0.3 is 34.8 Å². The third-order valence-corrected chi connectivity index (χ3v) is 9.47. The Balaban J connectivity index is -0.000000461. The second-order valence-electron chi connectivity index (χ2n) is 9.22. The number of rotatable bonds is 8. The second-order valence-corrected chi connectivity index (χ2v) is 12.1. The predicted octanol–water partition coefficient (Wildman–Crippen LogP) is -1.59. The van der Waals surface area contributed by atoms with Crippen LogP contribution in [0, 0.1) is 11.8 Å². The summed E-state index contributed by atoms with van der Waals surface area (Å²) in [4.78, 5) is 9.73. The molecular formula is C24H40Cl2N2Si2Ti. The number of halogens is 2. The molecule has 0 spiro atoms. The van der Waals surface area contributed by atoms with Crippen LogP contribution in [0.15, 0.2) is 60.7 Å². The van der Waals surface area contributed by atoms with E-state index in [9.17, 15) is 0 Å². The Hall–Kier alpha value is 0.0881. The maximum Gasteiger partial charge on any atom is 4.00 e. The van der Waals surface area contributed by atoms with Crippen LogP contribution in [0.1, 0.15) is 55.4 Å². The minimum Gasteiger partial charge on any atom is -1.00 e. The van der Waals surface area contributed by atoms with E-state index in [1.54, 1.807) is 0 Å². The van der Waals surface area contributed by atoms with E-state index in [1.807, 2.05) is 0 Å². The van der Waals surface area contributed by atoms with Crippen molar-refractivity contribution in [3.05, 3.63) is 70.6 Å². The van der Waals surface area contributed by atoms with Crippen molar-refractivity contribution >= 4 is 29.7 Å². The average molecular weight is 532 g/mol. The predicted molar refractivity (Wildman–Crippen MR) is 134 cm³/mol. The Morgan fingerprint density at radius 1 is 0.581 bits per heavy atom. The minimum atomic E-state index is -0.433. The third-order valence-electron chi connectivity index (χ3n) is 5.85. The van der Waals surface area contributed by atoms with Crippen LogP contribution in [0.2, 0.25) is 0 Å². The molecule has 0 radical (unpaired) electrons. The molecule has 2 aromatic rings. The zero-order valence-electron chi connectivity index (χ0n) is 20.5. The van der Waals surface area contributed by atoms with Crippen LogP contribution in [0.4, 0.5) is 0 Å². The molecule has 2 rings (SSSR count). The second kappa shape index (κ2) is 17.5. The summed E-state index contributed by atoms with van der Waals surface area (Å²) in [5.74, 6) is 1.25. The summed E-state index contributed by atoms with van der Waals surface area (Å²) < 4.78 is 0. The molecule has 0 N–H and O–H groups in total. The molecule has 0 bridgehead atoms. The summed E-state index contributed by atoms with van der Waals surface area (Å²) in [6.07, 6.45) is 0. The van der Waals surface area contributed by atoms with Crippen LogP contribution in [0.3, 0.4) is 0 Å². The molecule has 31 heavy (non-hydrogen) atoms. The van der Waals surface area contributed by atoms with Gasteiger partial charge in [0.25, 0.3) is 0 Å². The smallest absolute Gasteiger partial charge is 1.00 e. The van der Waals surface area contributed by atoms with Gasteiger partial charge in [-0.3, -0.25) is 0 Å². The molecular weight excluding hydrogens is 491 g/mol. The zero-order valence-corrected chi connectivity index (χ0v) is 26.4. The van der Waals surface area contributed by atoms with Gasteiger partial charge in [0.05, 0.1) is 0 Å². The third kappa shape index (κ3) is 14.8. The minimum absolute atomic E-state index is 0. The Morgan fingerprint density at radius 3 is 1.06 bits per heavy atom. The van der Waals surface area contributed by atoms with Crippen LogP contribution < -0.4 is 35.2 Å². The summed E-state index contributed by atoms with van der Waals surface area (Å²) in [5, 5.41) is 2.86. The Bertz CT molecular complexity index is 610. The molecule has 0 aliphatic carbocycles. The normalized spacial score (nSPS) is 11.7. The SMILES string of the molecule is CC(C)C(C)(C)[N-][SiH2]c1ccccc1.CC(C)C(C)(C)[N-][SiH2]c1ccccc1.[Cl-].[Cl-].[Ti+4]. The maximum atomic E-state index is 4.86. The molecule has 0 aliphatic heterocycles. The largest absolute Gasteiger partial charge is 4.00 e. The van der Waals surface area contributed by atoms with Crippen molar-refractivity contribution in [2.45, 2.75) is 66.5 Å². The van der Waals surface area contributed by atoms with Crippen LogP contribution in [-0.4, -0.2) is 30.4 Å². The quantitative estimate of drug-likeness (QED) is 0.368. The fourth-order valence-electron chi connectivity index (χ4n) is 2.12. The molecule has 0 aliphatic rings. The van der Waals surface area contributed by atoms with Crippen molar-refractivity contribution in [1.29, 1.82) is 0 Å². The molecule has 0 atom stereocenters. The van der Waals surface area contributed by atoms with E-state index in [1.165, 1.54) is 10.4 Å². The molecule has 0 fully saturated rings. The van der Waals surface area contributed by atoms with Gasteiger partial charge in [-0.2, -0.15) is 0 Å². The molecule has 172 valence electrons. The first-order chi connectivity index (χ1) is 13.0.